The predicted octanol–water partition coefficient (Wildman–Crippen LogP) is 5.35. The number of fused-ring (bicyclic) bond motifs is 1. The second-order valence-electron chi connectivity index (χ2n) is 12.0. The highest BCUT2D eigenvalue weighted by molar-refractivity contribution is 5.29. The Balaban J connectivity index is 0.000000149. The average molecular weight is 538 g/mol. The number of rotatable bonds is 3. The van der Waals surface area contributed by atoms with E-state index in [9.17, 15) is 0 Å². The zero-order chi connectivity index (χ0) is 28.0. The van der Waals surface area contributed by atoms with Crippen molar-refractivity contribution in [2.75, 3.05) is 66.6 Å². The van der Waals surface area contributed by atoms with Crippen LogP contribution in [-0.4, -0.2) is 103 Å². The van der Waals surface area contributed by atoms with E-state index in [1.807, 2.05) is 12.3 Å². The van der Waals surface area contributed by atoms with Crippen LogP contribution in [0.25, 0.3) is 0 Å². The summed E-state index contributed by atoms with van der Waals surface area (Å²) in [5, 5.41) is 0. The van der Waals surface area contributed by atoms with Crippen molar-refractivity contribution in [3.8, 4) is 0 Å². The molecule has 39 heavy (non-hydrogen) atoms. The van der Waals surface area contributed by atoms with Crippen LogP contribution in [0.5, 0.6) is 0 Å². The van der Waals surface area contributed by atoms with Crippen molar-refractivity contribution in [2.45, 2.75) is 78.0 Å². The Bertz CT molecular complexity index is 884. The maximum atomic E-state index is 5.10. The van der Waals surface area contributed by atoms with Crippen molar-refractivity contribution in [2.24, 2.45) is 0 Å². The predicted molar refractivity (Wildman–Crippen MR) is 164 cm³/mol. The largest absolute Gasteiger partial charge is 0.379 e. The van der Waals surface area contributed by atoms with E-state index >= 15 is 0 Å². The minimum absolute atomic E-state index is 0.651. The molecule has 0 amide bonds. The van der Waals surface area contributed by atoms with Gasteiger partial charge >= 0.3 is 0 Å². The zero-order valence-corrected chi connectivity index (χ0v) is 25.7. The van der Waals surface area contributed by atoms with E-state index in [0.29, 0.717) is 12.0 Å². The fourth-order valence-corrected chi connectivity index (χ4v) is 5.53. The number of aromatic nitrogens is 1. The fraction of sp³-hybridized carbons (Fsp3) is 0.667. The summed E-state index contributed by atoms with van der Waals surface area (Å²) in [5.41, 5.74) is 4.24. The van der Waals surface area contributed by atoms with E-state index < -0.39 is 0 Å². The third-order valence-electron chi connectivity index (χ3n) is 8.16. The van der Waals surface area contributed by atoms with Gasteiger partial charge in [0.05, 0.1) is 13.2 Å². The number of pyridine rings is 1. The van der Waals surface area contributed by atoms with Crippen LogP contribution in [0.1, 0.15) is 69.7 Å². The van der Waals surface area contributed by atoms with Gasteiger partial charge in [0.1, 0.15) is 0 Å². The van der Waals surface area contributed by atoms with Crippen molar-refractivity contribution in [3.63, 3.8) is 0 Å². The first-order valence-corrected chi connectivity index (χ1v) is 15.2. The lowest BCUT2D eigenvalue weighted by Gasteiger charge is -2.21. The highest BCUT2D eigenvalue weighted by atomic mass is 16.5. The van der Waals surface area contributed by atoms with Crippen LogP contribution >= 0.6 is 0 Å². The summed E-state index contributed by atoms with van der Waals surface area (Å²) in [4.78, 5) is 14.1. The standard InChI is InChI=1S/C12H18N2.C9H11N.C7H15N.C5H11NO/c1-10(2)14-8-6-11(9-14)12-5-3-4-7-13-12;1-10-6-8-4-2-3-5-9(8)7-10;1-7(2)8-5-3-4-6-8;1-6-2-4-7-5-3-6/h3-5,7,10-11H,6,8-9H2,1-2H3;2-5H,6-7H2,1H3;7H,3-6H2,1-2H3;2-5H2,1H3. The van der Waals surface area contributed by atoms with Gasteiger partial charge in [0, 0.05) is 62.6 Å². The molecule has 3 saturated heterocycles. The number of benzene rings is 1. The first-order valence-electron chi connectivity index (χ1n) is 15.2. The van der Waals surface area contributed by atoms with Crippen LogP contribution in [-0.2, 0) is 17.8 Å². The Hall–Kier alpha value is -1.83. The summed E-state index contributed by atoms with van der Waals surface area (Å²) < 4.78 is 5.10. The summed E-state index contributed by atoms with van der Waals surface area (Å²) >= 11 is 0. The maximum Gasteiger partial charge on any atom is 0.0594 e. The molecule has 6 nitrogen and oxygen atoms in total. The molecule has 0 aliphatic carbocycles. The quantitative estimate of drug-likeness (QED) is 0.525. The third-order valence-corrected chi connectivity index (χ3v) is 8.16. The molecule has 6 rings (SSSR count). The first-order chi connectivity index (χ1) is 18.8. The number of nitrogens with zero attached hydrogens (tertiary/aromatic N) is 5. The van der Waals surface area contributed by atoms with E-state index in [4.69, 9.17) is 4.74 Å². The highest BCUT2D eigenvalue weighted by Crippen LogP contribution is 2.26. The van der Waals surface area contributed by atoms with E-state index in [-0.39, 0.29) is 0 Å². The van der Waals surface area contributed by atoms with Gasteiger partial charge in [-0.3, -0.25) is 9.88 Å². The van der Waals surface area contributed by atoms with Gasteiger partial charge in [0.2, 0.25) is 0 Å². The zero-order valence-electron chi connectivity index (χ0n) is 25.7. The maximum absolute atomic E-state index is 5.10. The fourth-order valence-electron chi connectivity index (χ4n) is 5.53. The summed E-state index contributed by atoms with van der Waals surface area (Å²) in [7, 11) is 4.27. The van der Waals surface area contributed by atoms with Crippen LogP contribution in [0, 0.1) is 0 Å². The summed E-state index contributed by atoms with van der Waals surface area (Å²) in [6.07, 6.45) is 5.99. The van der Waals surface area contributed by atoms with Gasteiger partial charge < -0.3 is 19.4 Å². The second kappa shape index (κ2) is 17.1. The van der Waals surface area contributed by atoms with Gasteiger partial charge in [-0.25, -0.2) is 0 Å². The van der Waals surface area contributed by atoms with Gasteiger partial charge in [-0.1, -0.05) is 30.3 Å². The molecule has 0 radical (unpaired) electrons. The molecule has 218 valence electrons. The van der Waals surface area contributed by atoms with Crippen molar-refractivity contribution in [3.05, 3.63) is 65.5 Å². The first kappa shape index (κ1) is 31.7. The molecular formula is C33H55N5O. The lowest BCUT2D eigenvalue weighted by Crippen LogP contribution is -2.32. The normalized spacial score (nSPS) is 22.0. The molecular weight excluding hydrogens is 482 g/mol. The van der Waals surface area contributed by atoms with Crippen molar-refractivity contribution in [1.29, 1.82) is 0 Å². The molecule has 1 aromatic heterocycles. The summed E-state index contributed by atoms with van der Waals surface area (Å²) in [6, 6.07) is 16.3. The number of hydrogen-bond acceptors (Lipinski definition) is 6. The number of morpholine rings is 1. The molecule has 0 N–H and O–H groups in total. The van der Waals surface area contributed by atoms with Crippen molar-refractivity contribution in [1.82, 2.24) is 24.6 Å². The van der Waals surface area contributed by atoms with Crippen molar-refractivity contribution < 1.29 is 4.74 Å². The van der Waals surface area contributed by atoms with Crippen molar-refractivity contribution >= 4 is 0 Å². The molecule has 0 bridgehead atoms. The van der Waals surface area contributed by atoms with Crippen LogP contribution < -0.4 is 0 Å². The van der Waals surface area contributed by atoms with E-state index in [1.54, 1.807) is 0 Å². The lowest BCUT2D eigenvalue weighted by molar-refractivity contribution is 0.0503. The number of likely N-dealkylation sites (N-methyl/N-ethyl adjacent to an activating group) is 1. The molecule has 1 atom stereocenters. The molecule has 1 aromatic carbocycles. The van der Waals surface area contributed by atoms with Crippen LogP contribution in [0.2, 0.25) is 0 Å². The topological polar surface area (TPSA) is 35.1 Å². The van der Waals surface area contributed by atoms with Gasteiger partial charge in [0.15, 0.2) is 0 Å². The third kappa shape index (κ3) is 11.3. The minimum atomic E-state index is 0.651. The Kier molecular flexibility index (Phi) is 13.9. The molecule has 1 unspecified atom stereocenters. The second-order valence-corrected chi connectivity index (χ2v) is 12.0. The van der Waals surface area contributed by atoms with E-state index in [1.165, 1.54) is 62.3 Å². The molecule has 4 aliphatic heterocycles. The molecule has 5 heterocycles. The minimum Gasteiger partial charge on any atom is -0.379 e. The van der Waals surface area contributed by atoms with Crippen LogP contribution in [0.15, 0.2) is 48.7 Å². The van der Waals surface area contributed by atoms with E-state index in [0.717, 1.165) is 45.4 Å². The molecule has 2 aromatic rings. The number of hydrogen-bond donors (Lipinski definition) is 0. The smallest absolute Gasteiger partial charge is 0.0594 e. The molecule has 6 heteroatoms. The Morgan fingerprint density at radius 3 is 1.74 bits per heavy atom. The molecule has 0 spiro atoms. The molecule has 4 aliphatic rings. The van der Waals surface area contributed by atoms with Gasteiger partial charge in [0.25, 0.3) is 0 Å². The Morgan fingerprint density at radius 1 is 0.718 bits per heavy atom. The summed E-state index contributed by atoms with van der Waals surface area (Å²) in [6.45, 7) is 20.4. The average Bonchev–Trinajstić information content (AvgIpc) is 3.71. The van der Waals surface area contributed by atoms with Gasteiger partial charge in [-0.15, -0.1) is 0 Å². The monoisotopic (exact) mass is 537 g/mol. The summed E-state index contributed by atoms with van der Waals surface area (Å²) in [5.74, 6) is 0.651. The number of ether oxygens (including phenoxy) is 1. The highest BCUT2D eigenvalue weighted by Gasteiger charge is 2.25. The Labute approximate surface area is 239 Å². The van der Waals surface area contributed by atoms with Crippen LogP contribution in [0.3, 0.4) is 0 Å². The van der Waals surface area contributed by atoms with Crippen LogP contribution in [0.4, 0.5) is 0 Å². The van der Waals surface area contributed by atoms with Gasteiger partial charge in [-0.2, -0.15) is 0 Å². The van der Waals surface area contributed by atoms with E-state index in [2.05, 4.69) is 103 Å². The van der Waals surface area contributed by atoms with Gasteiger partial charge in [-0.05, 0) is 104 Å². The molecule has 3 fully saturated rings. The Morgan fingerprint density at radius 2 is 1.31 bits per heavy atom. The molecule has 0 saturated carbocycles. The number of likely N-dealkylation sites (tertiary alicyclic amines) is 2. The SMILES string of the molecule is CC(C)N1CCC(c2ccccn2)C1.CC(C)N1CCCC1.CN1CCOCC1.CN1Cc2ccccc2C1. The lowest BCUT2D eigenvalue weighted by atomic mass is 10.0.